The zero-order valence-electron chi connectivity index (χ0n) is 14.1. The van der Waals surface area contributed by atoms with Crippen LogP contribution >= 0.6 is 11.6 Å². The molecule has 0 aliphatic carbocycles. The minimum Gasteiger partial charge on any atom is -0.258 e. The summed E-state index contributed by atoms with van der Waals surface area (Å²) in [6.45, 7) is 3.54. The molecule has 3 rings (SSSR count). The van der Waals surface area contributed by atoms with Crippen molar-refractivity contribution in [3.63, 3.8) is 0 Å². The second-order valence-electron chi connectivity index (χ2n) is 5.86. The van der Waals surface area contributed by atoms with Crippen molar-refractivity contribution in [3.05, 3.63) is 87.6 Å². The van der Waals surface area contributed by atoms with E-state index in [4.69, 9.17) is 11.6 Å². The lowest BCUT2D eigenvalue weighted by Crippen LogP contribution is -2.19. The van der Waals surface area contributed by atoms with E-state index in [1.54, 1.807) is 0 Å². The number of benzene rings is 2. The Kier molecular flexibility index (Phi) is 5.22. The molecule has 146 valence electrons. The third kappa shape index (κ3) is 3.27. The van der Waals surface area contributed by atoms with Crippen LogP contribution < -0.4 is 0 Å². The van der Waals surface area contributed by atoms with E-state index >= 15 is 0 Å². The Balaban J connectivity index is 2.30. The van der Waals surface area contributed by atoms with Crippen molar-refractivity contribution in [1.29, 1.82) is 0 Å². The van der Waals surface area contributed by atoms with Gasteiger partial charge >= 0.3 is 0 Å². The summed E-state index contributed by atoms with van der Waals surface area (Å²) in [4.78, 5) is 10.4. The van der Waals surface area contributed by atoms with Gasteiger partial charge in [-0.15, -0.1) is 6.58 Å². The van der Waals surface area contributed by atoms with E-state index in [0.717, 1.165) is 18.3 Å². The van der Waals surface area contributed by atoms with E-state index in [2.05, 4.69) is 6.58 Å². The van der Waals surface area contributed by atoms with Gasteiger partial charge < -0.3 is 0 Å². The van der Waals surface area contributed by atoms with Crippen LogP contribution in [0.3, 0.4) is 0 Å². The third-order valence-corrected chi connectivity index (χ3v) is 6.45. The Hall–Kier alpha value is -2.78. The van der Waals surface area contributed by atoms with Gasteiger partial charge in [-0.2, -0.15) is 0 Å². The number of rotatable bonds is 6. The second-order valence-corrected chi connectivity index (χ2v) is 8.23. The number of halogens is 3. The van der Waals surface area contributed by atoms with Crippen LogP contribution in [0.25, 0.3) is 10.9 Å². The van der Waals surface area contributed by atoms with E-state index in [1.807, 2.05) is 0 Å². The predicted octanol–water partition coefficient (Wildman–Crippen LogP) is 5.25. The van der Waals surface area contributed by atoms with Crippen LogP contribution in [0.4, 0.5) is 14.5 Å². The van der Waals surface area contributed by atoms with Gasteiger partial charge in [0.2, 0.25) is 10.0 Å². The monoisotopic (exact) mass is 426 g/mol. The molecule has 6 nitrogen and oxygen atoms in total. The van der Waals surface area contributed by atoms with Crippen molar-refractivity contribution < 1.29 is 22.1 Å². The highest BCUT2D eigenvalue weighted by Crippen LogP contribution is 2.38. The van der Waals surface area contributed by atoms with Gasteiger partial charge in [0.05, 0.1) is 21.4 Å². The number of hydrogen-bond donors (Lipinski definition) is 0. The molecule has 10 heteroatoms. The summed E-state index contributed by atoms with van der Waals surface area (Å²) in [6, 6.07) is 9.48. The Morgan fingerprint density at radius 2 is 1.82 bits per heavy atom. The second kappa shape index (κ2) is 7.33. The Labute approximate surface area is 163 Å². The highest BCUT2D eigenvalue weighted by atomic mass is 35.5. The summed E-state index contributed by atoms with van der Waals surface area (Å²) in [5.74, 6) is 0. The van der Waals surface area contributed by atoms with Crippen molar-refractivity contribution in [2.75, 3.05) is 0 Å². The van der Waals surface area contributed by atoms with E-state index in [-0.39, 0.29) is 5.52 Å². The molecule has 0 saturated heterocycles. The number of fused-ring (bicyclic) bond motifs is 1. The third-order valence-electron chi connectivity index (χ3n) is 4.24. The molecule has 0 radical (unpaired) electrons. The van der Waals surface area contributed by atoms with Gasteiger partial charge in [-0.25, -0.2) is 21.2 Å². The first kappa shape index (κ1) is 20.0. The molecule has 0 aliphatic heterocycles. The first-order valence-electron chi connectivity index (χ1n) is 7.87. The van der Waals surface area contributed by atoms with Gasteiger partial charge in [0.15, 0.2) is 0 Å². The van der Waals surface area contributed by atoms with Gasteiger partial charge in [0.1, 0.15) is 5.25 Å². The molecule has 1 aromatic heterocycles. The first-order valence-corrected chi connectivity index (χ1v) is 9.75. The molecule has 0 bridgehead atoms. The number of non-ortho nitro benzene ring substituents is 1. The van der Waals surface area contributed by atoms with Crippen molar-refractivity contribution in [1.82, 2.24) is 3.97 Å². The summed E-state index contributed by atoms with van der Waals surface area (Å²) in [6.07, 6.45) is -1.22. The number of aromatic nitrogens is 1. The van der Waals surface area contributed by atoms with Crippen LogP contribution in [0.1, 0.15) is 22.8 Å². The SMILES string of the molecule is C=CC(c1ccc(Cl)cc1)S(=O)(=O)n1cc(C(F)F)c2c([N+](=O)[O-])cccc21. The highest BCUT2D eigenvalue weighted by molar-refractivity contribution is 7.90. The van der Waals surface area contributed by atoms with E-state index in [9.17, 15) is 27.3 Å². The van der Waals surface area contributed by atoms with E-state index < -0.39 is 43.3 Å². The molecule has 3 aromatic rings. The van der Waals surface area contributed by atoms with E-state index in [0.29, 0.717) is 14.6 Å². The van der Waals surface area contributed by atoms with Crippen LogP contribution in [-0.4, -0.2) is 17.3 Å². The predicted molar refractivity (Wildman–Crippen MR) is 102 cm³/mol. The smallest absolute Gasteiger partial charge is 0.258 e. The van der Waals surface area contributed by atoms with Crippen LogP contribution in [0, 0.1) is 10.1 Å². The Morgan fingerprint density at radius 3 is 2.36 bits per heavy atom. The number of nitro groups is 1. The molecule has 0 aliphatic rings. The van der Waals surface area contributed by atoms with Crippen molar-refractivity contribution >= 4 is 38.2 Å². The van der Waals surface area contributed by atoms with Gasteiger partial charge in [-0.3, -0.25) is 10.1 Å². The zero-order valence-corrected chi connectivity index (χ0v) is 15.7. The molecule has 2 aromatic carbocycles. The standard InChI is InChI=1S/C18H13ClF2N2O4S/c1-2-16(11-6-8-12(19)9-7-11)28(26,27)22-10-13(18(20)21)17-14(22)4-3-5-15(17)23(24)25/h2-10,16,18H,1H2. The Morgan fingerprint density at radius 1 is 1.18 bits per heavy atom. The average molecular weight is 427 g/mol. The minimum atomic E-state index is -4.30. The maximum absolute atomic E-state index is 13.5. The van der Waals surface area contributed by atoms with Gasteiger partial charge in [-0.05, 0) is 23.8 Å². The van der Waals surface area contributed by atoms with Gasteiger partial charge in [-0.1, -0.05) is 35.9 Å². The molecule has 28 heavy (non-hydrogen) atoms. The summed E-state index contributed by atoms with van der Waals surface area (Å²) >= 11 is 5.83. The number of nitrogens with zero attached hydrogens (tertiary/aromatic N) is 2. The quantitative estimate of drug-likeness (QED) is 0.306. The number of alkyl halides is 2. The average Bonchev–Trinajstić information content (AvgIpc) is 3.04. The fourth-order valence-corrected chi connectivity index (χ4v) is 4.80. The molecule has 0 amide bonds. The normalized spacial score (nSPS) is 13.0. The first-order chi connectivity index (χ1) is 13.2. The Bertz CT molecular complexity index is 1170. The van der Waals surface area contributed by atoms with E-state index in [1.165, 1.54) is 36.4 Å². The zero-order chi connectivity index (χ0) is 20.6. The maximum atomic E-state index is 13.5. The molecule has 1 heterocycles. The van der Waals surface area contributed by atoms with Gasteiger partial charge in [0.25, 0.3) is 12.1 Å². The lowest BCUT2D eigenvalue weighted by Gasteiger charge is -2.16. The molecular weight excluding hydrogens is 414 g/mol. The molecule has 0 fully saturated rings. The maximum Gasteiger partial charge on any atom is 0.279 e. The van der Waals surface area contributed by atoms with Crippen LogP contribution in [0.5, 0.6) is 0 Å². The molecule has 0 N–H and O–H groups in total. The molecular formula is C18H13ClF2N2O4S. The summed E-state index contributed by atoms with van der Waals surface area (Å²) in [7, 11) is -4.30. The number of hydrogen-bond acceptors (Lipinski definition) is 4. The largest absolute Gasteiger partial charge is 0.279 e. The lowest BCUT2D eigenvalue weighted by atomic mass is 10.1. The van der Waals surface area contributed by atoms with Gasteiger partial charge in [0, 0.05) is 17.3 Å². The van der Waals surface area contributed by atoms with Crippen LogP contribution in [0.15, 0.2) is 61.3 Å². The summed E-state index contributed by atoms with van der Waals surface area (Å²) < 4.78 is 54.2. The molecule has 1 atom stereocenters. The minimum absolute atomic E-state index is 0.203. The van der Waals surface area contributed by atoms with Crippen molar-refractivity contribution in [2.24, 2.45) is 0 Å². The molecule has 1 unspecified atom stereocenters. The van der Waals surface area contributed by atoms with Crippen molar-refractivity contribution in [3.8, 4) is 0 Å². The summed E-state index contributed by atoms with van der Waals surface area (Å²) in [5.41, 5.74) is -1.20. The lowest BCUT2D eigenvalue weighted by molar-refractivity contribution is -0.383. The molecule has 0 saturated carbocycles. The summed E-state index contributed by atoms with van der Waals surface area (Å²) in [5, 5.41) is 9.97. The highest BCUT2D eigenvalue weighted by Gasteiger charge is 2.32. The van der Waals surface area contributed by atoms with Crippen LogP contribution in [0.2, 0.25) is 5.02 Å². The fourth-order valence-electron chi connectivity index (χ4n) is 3.00. The fraction of sp³-hybridized carbons (Fsp3) is 0.111. The molecule has 0 spiro atoms. The topological polar surface area (TPSA) is 82.2 Å². The van der Waals surface area contributed by atoms with Crippen LogP contribution in [-0.2, 0) is 10.0 Å². The number of nitro benzene ring substituents is 1. The van der Waals surface area contributed by atoms with Crippen molar-refractivity contribution in [2.45, 2.75) is 11.7 Å².